The van der Waals surface area contributed by atoms with Gasteiger partial charge in [0.15, 0.2) is 9.84 Å². The molecule has 35 heavy (non-hydrogen) atoms. The summed E-state index contributed by atoms with van der Waals surface area (Å²) in [5.41, 5.74) is -4.87. The minimum atomic E-state index is -4.26. The maximum absolute atomic E-state index is 12.4. The molecule has 190 valence electrons. The van der Waals surface area contributed by atoms with Crippen LogP contribution in [0.1, 0.15) is 20.7 Å². The van der Waals surface area contributed by atoms with Crippen LogP contribution in [0.3, 0.4) is 0 Å². The molecule has 0 spiro atoms. The van der Waals surface area contributed by atoms with Crippen molar-refractivity contribution >= 4 is 33.4 Å². The molecule has 0 aromatic heterocycles. The van der Waals surface area contributed by atoms with Gasteiger partial charge in [0.25, 0.3) is 11.8 Å². The Hall–Kier alpha value is -4.09. The Kier molecular flexibility index (Phi) is 7.79. The number of amides is 1. The molecule has 1 aliphatic rings. The molecule has 1 aromatic carbocycles. The first-order valence-corrected chi connectivity index (χ1v) is 11.4. The molecular weight excluding hydrogens is 494 g/mol. The van der Waals surface area contributed by atoms with Crippen LogP contribution >= 0.6 is 0 Å². The number of aliphatic hydroxyl groups is 1. The lowest BCUT2D eigenvalue weighted by atomic mass is 10.0. The van der Waals surface area contributed by atoms with Gasteiger partial charge in [0.1, 0.15) is 17.4 Å². The Labute approximate surface area is 197 Å². The molecule has 0 bridgehead atoms. The molecule has 2 rings (SSSR count). The Morgan fingerprint density at radius 1 is 1.26 bits per heavy atom. The number of carbonyl (C=O) groups excluding carboxylic acids is 1. The summed E-state index contributed by atoms with van der Waals surface area (Å²) in [6, 6.07) is 2.92. The standard InChI is InChI=1S/C18H21N5O11S/c1-21(2)14(25)8-4-9(16(26)27)6-10(5-8)34-15-13(23(30)31)12(11(7-24)17(28)29)20-18(22(15)19)35(3,32)33/h4-6,11,18,24H,7,19H2,1-3H3,(H,26,27)(H,28,29). The van der Waals surface area contributed by atoms with E-state index in [1.54, 1.807) is 0 Å². The van der Waals surface area contributed by atoms with E-state index in [1.165, 1.54) is 14.1 Å². The quantitative estimate of drug-likeness (QED) is 0.167. The number of carbonyl (C=O) groups is 3. The Bertz CT molecular complexity index is 1260. The Morgan fingerprint density at radius 3 is 2.26 bits per heavy atom. The van der Waals surface area contributed by atoms with Crippen LogP contribution in [0.4, 0.5) is 0 Å². The summed E-state index contributed by atoms with van der Waals surface area (Å²) < 4.78 is 29.9. The van der Waals surface area contributed by atoms with Crippen LogP contribution in [0.15, 0.2) is 34.8 Å². The zero-order valence-electron chi connectivity index (χ0n) is 18.5. The number of sulfone groups is 1. The van der Waals surface area contributed by atoms with Gasteiger partial charge in [-0.15, -0.1) is 0 Å². The first-order chi connectivity index (χ1) is 16.1. The molecule has 0 radical (unpaired) electrons. The normalized spacial score (nSPS) is 16.9. The molecule has 17 heteroatoms. The summed E-state index contributed by atoms with van der Waals surface area (Å²) in [6.07, 6.45) is 0.668. The summed E-state index contributed by atoms with van der Waals surface area (Å²) in [6.45, 7) is -1.18. The number of aliphatic imine (C=N–C) groups is 1. The van der Waals surface area contributed by atoms with Gasteiger partial charge in [-0.25, -0.2) is 29.1 Å². The number of aromatic carboxylic acids is 1. The molecule has 1 amide bonds. The third-order valence-electron chi connectivity index (χ3n) is 4.56. The predicted octanol–water partition coefficient (Wildman–Crippen LogP) is -1.44. The molecule has 5 N–H and O–H groups in total. The fourth-order valence-corrected chi connectivity index (χ4v) is 3.77. The van der Waals surface area contributed by atoms with Crippen molar-refractivity contribution in [2.45, 2.75) is 5.50 Å². The van der Waals surface area contributed by atoms with Crippen LogP contribution in [0, 0.1) is 16.0 Å². The lowest BCUT2D eigenvalue weighted by Gasteiger charge is -2.31. The van der Waals surface area contributed by atoms with Gasteiger partial charge >= 0.3 is 17.6 Å². The fraction of sp³-hybridized carbons (Fsp3) is 0.333. The lowest BCUT2D eigenvalue weighted by Crippen LogP contribution is -2.51. The third kappa shape index (κ3) is 5.70. The van der Waals surface area contributed by atoms with E-state index in [2.05, 4.69) is 4.99 Å². The monoisotopic (exact) mass is 515 g/mol. The fourth-order valence-electron chi connectivity index (χ4n) is 2.96. The second kappa shape index (κ2) is 10.0. The average Bonchev–Trinajstić information content (AvgIpc) is 2.73. The van der Waals surface area contributed by atoms with Crippen molar-refractivity contribution in [2.24, 2.45) is 16.8 Å². The molecule has 1 aromatic rings. The van der Waals surface area contributed by atoms with Crippen LogP contribution in [-0.2, 0) is 14.6 Å². The minimum Gasteiger partial charge on any atom is -0.481 e. The molecule has 0 saturated carbocycles. The number of ether oxygens (including phenoxy) is 1. The number of carboxylic acid groups (broad SMARTS) is 2. The SMILES string of the molecule is CN(C)C(=O)c1cc(OC2=C([N+](=O)[O-])C(C(CO)C(=O)O)=NC(S(C)(=O)=O)N2N)cc(C(=O)O)c1. The van der Waals surface area contributed by atoms with Crippen molar-refractivity contribution < 1.29 is 47.8 Å². The first-order valence-electron chi connectivity index (χ1n) is 9.41. The molecule has 0 saturated heterocycles. The average molecular weight is 515 g/mol. The highest BCUT2D eigenvalue weighted by Crippen LogP contribution is 2.29. The van der Waals surface area contributed by atoms with Crippen molar-refractivity contribution in [2.75, 3.05) is 27.0 Å². The van der Waals surface area contributed by atoms with Crippen LogP contribution in [0.5, 0.6) is 5.75 Å². The first kappa shape index (κ1) is 27.2. The molecule has 2 atom stereocenters. The van der Waals surface area contributed by atoms with Gasteiger partial charge in [-0.05, 0) is 18.2 Å². The maximum atomic E-state index is 12.4. The van der Waals surface area contributed by atoms with E-state index >= 15 is 0 Å². The number of nitrogens with zero attached hydrogens (tertiary/aromatic N) is 4. The maximum Gasteiger partial charge on any atom is 0.352 e. The van der Waals surface area contributed by atoms with Crippen molar-refractivity contribution in [3.63, 3.8) is 0 Å². The van der Waals surface area contributed by atoms with Gasteiger partial charge in [-0.1, -0.05) is 0 Å². The van der Waals surface area contributed by atoms with E-state index in [0.29, 0.717) is 6.26 Å². The smallest absolute Gasteiger partial charge is 0.352 e. The lowest BCUT2D eigenvalue weighted by molar-refractivity contribution is -0.420. The van der Waals surface area contributed by atoms with Crippen molar-refractivity contribution in [1.82, 2.24) is 9.91 Å². The number of rotatable bonds is 9. The number of allylic oxidation sites excluding steroid dienone is 1. The summed E-state index contributed by atoms with van der Waals surface area (Å²) in [4.78, 5) is 50.9. The van der Waals surface area contributed by atoms with Crippen LogP contribution in [-0.4, -0.2) is 94.6 Å². The molecule has 1 aliphatic heterocycles. The molecule has 16 nitrogen and oxygen atoms in total. The molecular formula is C18H21N5O11S. The number of hydrazine groups is 1. The highest BCUT2D eigenvalue weighted by molar-refractivity contribution is 7.91. The van der Waals surface area contributed by atoms with Crippen LogP contribution in [0.25, 0.3) is 0 Å². The number of hydrogen-bond donors (Lipinski definition) is 4. The number of aliphatic carboxylic acids is 1. The number of carboxylic acids is 2. The van der Waals surface area contributed by atoms with E-state index in [1.807, 2.05) is 0 Å². The molecule has 2 unspecified atom stereocenters. The zero-order valence-corrected chi connectivity index (χ0v) is 19.3. The number of benzene rings is 1. The number of nitro groups is 1. The highest BCUT2D eigenvalue weighted by Gasteiger charge is 2.46. The van der Waals surface area contributed by atoms with Crippen LogP contribution < -0.4 is 10.6 Å². The van der Waals surface area contributed by atoms with Gasteiger partial charge in [0.05, 0.1) is 17.1 Å². The number of aliphatic hydroxyl groups excluding tert-OH is 1. The van der Waals surface area contributed by atoms with E-state index < -0.39 is 79.2 Å². The molecule has 0 fully saturated rings. The Balaban J connectivity index is 2.82. The number of nitrogens with two attached hydrogens (primary N) is 1. The second-order valence-corrected chi connectivity index (χ2v) is 9.50. The van der Waals surface area contributed by atoms with Gasteiger partial charge < -0.3 is 25.0 Å². The summed E-state index contributed by atoms with van der Waals surface area (Å²) in [5, 5.41) is 40.4. The van der Waals surface area contributed by atoms with Crippen molar-refractivity contribution in [3.8, 4) is 5.75 Å². The Morgan fingerprint density at radius 2 is 1.83 bits per heavy atom. The van der Waals surface area contributed by atoms with Gasteiger partial charge in [-0.3, -0.25) is 19.7 Å². The summed E-state index contributed by atoms with van der Waals surface area (Å²) in [5.74, 6) is -1.63. The second-order valence-electron chi connectivity index (χ2n) is 7.41. The molecule has 1 heterocycles. The molecule has 0 aliphatic carbocycles. The largest absolute Gasteiger partial charge is 0.481 e. The summed E-state index contributed by atoms with van der Waals surface area (Å²) in [7, 11) is -1.49. The van der Waals surface area contributed by atoms with E-state index in [4.69, 9.17) is 10.6 Å². The highest BCUT2D eigenvalue weighted by atomic mass is 32.2. The van der Waals surface area contributed by atoms with Gasteiger partial charge in [0, 0.05) is 25.9 Å². The topological polar surface area (TPSA) is 243 Å². The predicted molar refractivity (Wildman–Crippen MR) is 116 cm³/mol. The summed E-state index contributed by atoms with van der Waals surface area (Å²) >= 11 is 0. The van der Waals surface area contributed by atoms with E-state index in [-0.39, 0.29) is 10.6 Å². The van der Waals surface area contributed by atoms with Crippen molar-refractivity contribution in [3.05, 3.63) is 51.0 Å². The zero-order chi connectivity index (χ0) is 26.8. The minimum absolute atomic E-state index is 0.195. The van der Waals surface area contributed by atoms with E-state index in [9.17, 15) is 48.2 Å². The number of hydrogen-bond acceptors (Lipinski definition) is 12. The van der Waals surface area contributed by atoms with Gasteiger partial charge in [0.2, 0.25) is 5.50 Å². The van der Waals surface area contributed by atoms with Crippen molar-refractivity contribution in [1.29, 1.82) is 0 Å². The van der Waals surface area contributed by atoms with E-state index in [0.717, 1.165) is 23.1 Å². The third-order valence-corrected chi connectivity index (χ3v) is 5.66. The van der Waals surface area contributed by atoms with Gasteiger partial charge in [-0.2, -0.15) is 0 Å². The van der Waals surface area contributed by atoms with Crippen LogP contribution in [0.2, 0.25) is 0 Å².